The second kappa shape index (κ2) is 17.1. The van der Waals surface area contributed by atoms with Crippen LogP contribution < -0.4 is 5.32 Å². The molecule has 1 rings (SSSR count). The average molecular weight is 419 g/mol. The van der Waals surface area contributed by atoms with Gasteiger partial charge in [0, 0.05) is 31.5 Å². The van der Waals surface area contributed by atoms with E-state index in [1.54, 1.807) is 0 Å². The molecule has 0 aromatic carbocycles. The van der Waals surface area contributed by atoms with Crippen LogP contribution in [0, 0.1) is 0 Å². The minimum absolute atomic E-state index is 0.211. The number of carbonyl (C=O) groups is 2. The van der Waals surface area contributed by atoms with Crippen molar-refractivity contribution < 1.29 is 9.59 Å². The first kappa shape index (κ1) is 26.5. The molecule has 2 amide bonds. The summed E-state index contributed by atoms with van der Waals surface area (Å²) in [6.07, 6.45) is 23.4. The molecule has 0 unspecified atom stereocenters. The van der Waals surface area contributed by atoms with Gasteiger partial charge in [-0.15, -0.1) is 0 Å². The zero-order chi connectivity index (χ0) is 22.0. The van der Waals surface area contributed by atoms with Crippen LogP contribution in [-0.4, -0.2) is 35.3 Å². The first-order chi connectivity index (χ1) is 14.5. The van der Waals surface area contributed by atoms with Gasteiger partial charge in [0.25, 0.3) is 0 Å². The predicted octanol–water partition coefficient (Wildman–Crippen LogP) is 6.32. The maximum Gasteiger partial charge on any atom is 0.222 e. The van der Waals surface area contributed by atoms with Crippen LogP contribution in [0.5, 0.6) is 0 Å². The summed E-state index contributed by atoms with van der Waals surface area (Å²) < 4.78 is 0. The Balaban J connectivity index is 1.97. The Hall–Kier alpha value is -1.58. The third-order valence-corrected chi connectivity index (χ3v) is 5.53. The topological polar surface area (TPSA) is 49.4 Å². The van der Waals surface area contributed by atoms with Crippen LogP contribution in [0.15, 0.2) is 24.3 Å². The molecule has 0 radical (unpaired) electrons. The number of amides is 2. The SMILES string of the molecule is CCCCCC(=O)N(CCCCC/C=C\C/C=C\CCCC(=O)NC1CC1)C(C)C. The van der Waals surface area contributed by atoms with Crippen molar-refractivity contribution in [2.75, 3.05) is 6.54 Å². The molecule has 4 heteroatoms. The van der Waals surface area contributed by atoms with E-state index in [-0.39, 0.29) is 5.91 Å². The standard InChI is InChI=1S/C26H46N2O2/c1-4-5-15-19-26(30)28(23(2)3)22-17-14-12-10-8-6-7-9-11-13-16-18-25(29)27-24-20-21-24/h6,8-9,11,23-24H,4-5,7,10,12-22H2,1-3H3,(H,27,29)/b8-6-,11-9-. The van der Waals surface area contributed by atoms with Gasteiger partial charge in [-0.3, -0.25) is 9.59 Å². The highest BCUT2D eigenvalue weighted by molar-refractivity contribution is 5.76. The summed E-state index contributed by atoms with van der Waals surface area (Å²) in [4.78, 5) is 26.0. The van der Waals surface area contributed by atoms with E-state index in [4.69, 9.17) is 0 Å². The number of carbonyl (C=O) groups excluding carboxylic acids is 2. The second-order valence-corrected chi connectivity index (χ2v) is 8.90. The second-order valence-electron chi connectivity index (χ2n) is 8.90. The highest BCUT2D eigenvalue weighted by atomic mass is 16.2. The summed E-state index contributed by atoms with van der Waals surface area (Å²) in [5.74, 6) is 0.539. The third kappa shape index (κ3) is 14.4. The molecule has 0 heterocycles. The number of unbranched alkanes of at least 4 members (excludes halogenated alkanes) is 6. The monoisotopic (exact) mass is 418 g/mol. The van der Waals surface area contributed by atoms with Crippen LogP contribution in [0.4, 0.5) is 0 Å². The molecule has 1 N–H and O–H groups in total. The Labute approximate surface area is 185 Å². The van der Waals surface area contributed by atoms with Crippen LogP contribution in [0.1, 0.15) is 111 Å². The molecular weight excluding hydrogens is 372 g/mol. The Morgan fingerprint density at radius 2 is 1.60 bits per heavy atom. The molecule has 172 valence electrons. The predicted molar refractivity (Wildman–Crippen MR) is 127 cm³/mol. The molecule has 0 saturated heterocycles. The van der Waals surface area contributed by atoms with Crippen LogP contribution in [0.2, 0.25) is 0 Å². The summed E-state index contributed by atoms with van der Waals surface area (Å²) in [5.41, 5.74) is 0. The minimum atomic E-state index is 0.211. The molecule has 0 bridgehead atoms. The van der Waals surface area contributed by atoms with Crippen LogP contribution in [-0.2, 0) is 9.59 Å². The smallest absolute Gasteiger partial charge is 0.222 e. The lowest BCUT2D eigenvalue weighted by molar-refractivity contribution is -0.133. The van der Waals surface area contributed by atoms with E-state index in [9.17, 15) is 9.59 Å². The zero-order valence-electron chi connectivity index (χ0n) is 19.8. The van der Waals surface area contributed by atoms with E-state index >= 15 is 0 Å². The molecule has 1 saturated carbocycles. The maximum atomic E-state index is 12.4. The average Bonchev–Trinajstić information content (AvgIpc) is 3.52. The molecule has 30 heavy (non-hydrogen) atoms. The van der Waals surface area contributed by atoms with Crippen LogP contribution in [0.25, 0.3) is 0 Å². The number of allylic oxidation sites excluding steroid dienone is 4. The summed E-state index contributed by atoms with van der Waals surface area (Å²) in [6.45, 7) is 7.32. The van der Waals surface area contributed by atoms with Gasteiger partial charge in [0.2, 0.25) is 11.8 Å². The van der Waals surface area contributed by atoms with Gasteiger partial charge in [-0.1, -0.05) is 50.5 Å². The number of nitrogens with one attached hydrogen (secondary N) is 1. The van der Waals surface area contributed by atoms with Gasteiger partial charge in [-0.05, 0) is 71.6 Å². The summed E-state index contributed by atoms with van der Waals surface area (Å²) in [6, 6.07) is 0.781. The Bertz CT molecular complexity index is 521. The third-order valence-electron chi connectivity index (χ3n) is 5.53. The molecule has 0 aromatic heterocycles. The van der Waals surface area contributed by atoms with Crippen molar-refractivity contribution in [3.63, 3.8) is 0 Å². The summed E-state index contributed by atoms with van der Waals surface area (Å²) in [7, 11) is 0. The van der Waals surface area contributed by atoms with Crippen molar-refractivity contribution in [3.8, 4) is 0 Å². The quantitative estimate of drug-likeness (QED) is 0.209. The van der Waals surface area contributed by atoms with Crippen molar-refractivity contribution in [3.05, 3.63) is 24.3 Å². The van der Waals surface area contributed by atoms with Gasteiger partial charge >= 0.3 is 0 Å². The van der Waals surface area contributed by atoms with Gasteiger partial charge in [0.15, 0.2) is 0 Å². The number of rotatable bonds is 18. The van der Waals surface area contributed by atoms with E-state index < -0.39 is 0 Å². The molecule has 0 atom stereocenters. The lowest BCUT2D eigenvalue weighted by Gasteiger charge is -2.27. The van der Waals surface area contributed by atoms with Crippen LogP contribution in [0.3, 0.4) is 0 Å². The van der Waals surface area contributed by atoms with Gasteiger partial charge < -0.3 is 10.2 Å². The van der Waals surface area contributed by atoms with Gasteiger partial charge in [-0.25, -0.2) is 0 Å². The largest absolute Gasteiger partial charge is 0.353 e. The van der Waals surface area contributed by atoms with E-state index in [1.807, 2.05) is 0 Å². The fourth-order valence-electron chi connectivity index (χ4n) is 3.48. The molecule has 4 nitrogen and oxygen atoms in total. The minimum Gasteiger partial charge on any atom is -0.353 e. The first-order valence-electron chi connectivity index (χ1n) is 12.4. The molecular formula is C26H46N2O2. The first-order valence-corrected chi connectivity index (χ1v) is 12.4. The molecule has 0 aliphatic heterocycles. The molecule has 0 spiro atoms. The number of nitrogens with zero attached hydrogens (tertiary/aromatic N) is 1. The van der Waals surface area contributed by atoms with E-state index in [2.05, 4.69) is 55.3 Å². The number of hydrogen-bond donors (Lipinski definition) is 1. The normalized spacial score (nSPS) is 14.1. The fraction of sp³-hybridized carbons (Fsp3) is 0.769. The molecule has 1 fully saturated rings. The van der Waals surface area contributed by atoms with Crippen molar-refractivity contribution in [1.82, 2.24) is 10.2 Å². The summed E-state index contributed by atoms with van der Waals surface area (Å²) in [5, 5.41) is 3.03. The van der Waals surface area contributed by atoms with Crippen molar-refractivity contribution in [2.45, 2.75) is 123 Å². The highest BCUT2D eigenvalue weighted by Crippen LogP contribution is 2.18. The van der Waals surface area contributed by atoms with Gasteiger partial charge in [-0.2, -0.15) is 0 Å². The zero-order valence-corrected chi connectivity index (χ0v) is 19.8. The van der Waals surface area contributed by atoms with Gasteiger partial charge in [0.05, 0.1) is 0 Å². The van der Waals surface area contributed by atoms with E-state index in [1.165, 1.54) is 12.8 Å². The van der Waals surface area contributed by atoms with Crippen LogP contribution >= 0.6 is 0 Å². The lowest BCUT2D eigenvalue weighted by Crippen LogP contribution is -2.37. The Morgan fingerprint density at radius 3 is 2.23 bits per heavy atom. The lowest BCUT2D eigenvalue weighted by atomic mass is 10.1. The highest BCUT2D eigenvalue weighted by Gasteiger charge is 2.22. The molecule has 1 aliphatic carbocycles. The maximum absolute atomic E-state index is 12.4. The molecule has 0 aromatic rings. The molecule has 1 aliphatic rings. The van der Waals surface area contributed by atoms with Gasteiger partial charge in [0.1, 0.15) is 0 Å². The summed E-state index contributed by atoms with van der Waals surface area (Å²) >= 11 is 0. The van der Waals surface area contributed by atoms with Crippen molar-refractivity contribution in [1.29, 1.82) is 0 Å². The fourth-order valence-corrected chi connectivity index (χ4v) is 3.48. The number of hydrogen-bond acceptors (Lipinski definition) is 2. The Morgan fingerprint density at radius 1 is 0.900 bits per heavy atom. The van der Waals surface area contributed by atoms with E-state index in [0.29, 0.717) is 30.8 Å². The van der Waals surface area contributed by atoms with Crippen molar-refractivity contribution in [2.24, 2.45) is 0 Å². The Kier molecular flexibility index (Phi) is 15.1. The van der Waals surface area contributed by atoms with E-state index in [0.717, 1.165) is 70.8 Å². The van der Waals surface area contributed by atoms with Crippen molar-refractivity contribution >= 4 is 11.8 Å².